The number of hydrogen-bond donors (Lipinski definition) is 0. The molecule has 0 aliphatic heterocycles. The van der Waals surface area contributed by atoms with E-state index in [1.54, 1.807) is 0 Å². The van der Waals surface area contributed by atoms with Gasteiger partial charge < -0.3 is 4.55 Å². The average Bonchev–Trinajstić information content (AvgIpc) is 2.12. The van der Waals surface area contributed by atoms with Crippen molar-refractivity contribution in [2.45, 2.75) is 56.4 Å². The second kappa shape index (κ2) is 8.45. The Kier molecular flexibility index (Phi) is 9.54. The van der Waals surface area contributed by atoms with E-state index in [0.717, 1.165) is 0 Å². The van der Waals surface area contributed by atoms with Gasteiger partial charge in [0.25, 0.3) is 0 Å². The van der Waals surface area contributed by atoms with Gasteiger partial charge in [0.15, 0.2) is 10.1 Å². The predicted octanol–water partition coefficient (Wildman–Crippen LogP) is 0.421. The molecule has 0 radical (unpaired) electrons. The summed E-state index contributed by atoms with van der Waals surface area (Å²) in [7, 11) is -5.65. The van der Waals surface area contributed by atoms with Crippen LogP contribution in [-0.2, 0) is 10.1 Å². The van der Waals surface area contributed by atoms with Crippen molar-refractivity contribution >= 4 is 10.1 Å². The maximum Gasteiger partial charge on any atom is 1.00 e. The molecule has 0 aromatic rings. The summed E-state index contributed by atoms with van der Waals surface area (Å²) >= 11 is 0. The fraction of sp³-hybridized carbons (Fsp3) is 1.00. The van der Waals surface area contributed by atoms with Gasteiger partial charge in [-0.15, -0.1) is 0 Å². The van der Waals surface area contributed by atoms with Gasteiger partial charge in [-0.05, 0) is 12.8 Å². The molecule has 0 amide bonds. The molecule has 110 valence electrons. The Hall–Kier alpha value is 0.157. The summed E-state index contributed by atoms with van der Waals surface area (Å²) in [5.41, 5.74) is 0. The summed E-state index contributed by atoms with van der Waals surface area (Å²) < 4.78 is 90.7. The first kappa shape index (κ1) is 21.5. The number of halogens is 5. The molecular formula is C9H14F5LiO3S. The zero-order valence-electron chi connectivity index (χ0n) is 10.5. The van der Waals surface area contributed by atoms with E-state index in [-0.39, 0.29) is 44.5 Å². The second-order valence-electron chi connectivity index (χ2n) is 3.97. The zero-order valence-corrected chi connectivity index (χ0v) is 11.3. The molecular weight excluding hydrogens is 290 g/mol. The molecule has 0 unspecified atom stereocenters. The molecule has 0 saturated carbocycles. The molecule has 0 atom stereocenters. The molecule has 10 heteroatoms. The van der Waals surface area contributed by atoms with Crippen LogP contribution in [0.4, 0.5) is 22.0 Å². The van der Waals surface area contributed by atoms with E-state index in [9.17, 15) is 34.9 Å². The monoisotopic (exact) mass is 304 g/mol. The molecule has 0 N–H and O–H groups in total. The normalized spacial score (nSPS) is 13.2. The minimum absolute atomic E-state index is 0. The largest absolute Gasteiger partial charge is 1.00 e. The Morgan fingerprint density at radius 1 is 0.789 bits per heavy atom. The quantitative estimate of drug-likeness (QED) is 0.283. The number of hydrogen-bond acceptors (Lipinski definition) is 3. The standard InChI is InChI=1S/C9H15F5O3S.Li/c10-8(11,12)6-4-2-1-3-5-7-9(13,14)18(15,16)17;/h1-7H2,(H,15,16,17);/q;+1/p-1. The van der Waals surface area contributed by atoms with Gasteiger partial charge in [0.1, 0.15) is 0 Å². The summed E-state index contributed by atoms with van der Waals surface area (Å²) in [4.78, 5) is 0. The topological polar surface area (TPSA) is 57.2 Å². The van der Waals surface area contributed by atoms with E-state index < -0.39 is 34.4 Å². The fourth-order valence-corrected chi connectivity index (χ4v) is 1.71. The van der Waals surface area contributed by atoms with Crippen LogP contribution in [0.1, 0.15) is 44.9 Å². The molecule has 0 aromatic heterocycles. The van der Waals surface area contributed by atoms with Gasteiger partial charge in [0, 0.05) is 12.8 Å². The Bertz CT molecular complexity index is 342. The van der Waals surface area contributed by atoms with E-state index in [2.05, 4.69) is 0 Å². The molecule has 0 bridgehead atoms. The van der Waals surface area contributed by atoms with E-state index in [4.69, 9.17) is 0 Å². The van der Waals surface area contributed by atoms with Crippen molar-refractivity contribution in [3.63, 3.8) is 0 Å². The molecule has 0 saturated heterocycles. The number of rotatable bonds is 8. The Morgan fingerprint density at radius 3 is 1.53 bits per heavy atom. The van der Waals surface area contributed by atoms with Crippen LogP contribution >= 0.6 is 0 Å². The van der Waals surface area contributed by atoms with E-state index in [0.29, 0.717) is 6.42 Å². The number of unbranched alkanes of at least 4 members (excludes halogenated alkanes) is 4. The predicted molar refractivity (Wildman–Crippen MR) is 53.0 cm³/mol. The van der Waals surface area contributed by atoms with E-state index >= 15 is 0 Å². The van der Waals surface area contributed by atoms with Gasteiger partial charge in [-0.3, -0.25) is 0 Å². The second-order valence-corrected chi connectivity index (χ2v) is 5.48. The molecule has 3 nitrogen and oxygen atoms in total. The zero-order chi connectivity index (χ0) is 14.4. The summed E-state index contributed by atoms with van der Waals surface area (Å²) in [5.74, 6) is 0. The van der Waals surface area contributed by atoms with Crippen LogP contribution in [0, 0.1) is 0 Å². The van der Waals surface area contributed by atoms with Crippen LogP contribution in [0.15, 0.2) is 0 Å². The molecule has 0 aliphatic rings. The summed E-state index contributed by atoms with van der Waals surface area (Å²) in [6.45, 7) is 0. The first-order chi connectivity index (χ1) is 7.96. The molecule has 0 fully saturated rings. The summed E-state index contributed by atoms with van der Waals surface area (Å²) in [5, 5.41) is -4.29. The first-order valence-electron chi connectivity index (χ1n) is 5.36. The molecule has 0 aromatic carbocycles. The molecule has 0 aliphatic carbocycles. The van der Waals surface area contributed by atoms with Gasteiger partial charge >= 0.3 is 30.3 Å². The van der Waals surface area contributed by atoms with Crippen molar-refractivity contribution < 1.29 is 53.8 Å². The van der Waals surface area contributed by atoms with Crippen molar-refractivity contribution in [3.05, 3.63) is 0 Å². The summed E-state index contributed by atoms with van der Waals surface area (Å²) in [6.07, 6.45) is -5.82. The van der Waals surface area contributed by atoms with Crippen molar-refractivity contribution in [2.75, 3.05) is 0 Å². The molecule has 0 spiro atoms. The smallest absolute Gasteiger partial charge is 0.743 e. The van der Waals surface area contributed by atoms with Crippen LogP contribution in [0.2, 0.25) is 0 Å². The fourth-order valence-electron chi connectivity index (χ4n) is 1.31. The third kappa shape index (κ3) is 10.6. The third-order valence-electron chi connectivity index (χ3n) is 2.29. The molecule has 19 heavy (non-hydrogen) atoms. The minimum atomic E-state index is -5.65. The van der Waals surface area contributed by atoms with Crippen molar-refractivity contribution in [1.82, 2.24) is 0 Å². The first-order valence-corrected chi connectivity index (χ1v) is 6.76. The van der Waals surface area contributed by atoms with Crippen LogP contribution in [0.25, 0.3) is 0 Å². The Morgan fingerprint density at radius 2 is 1.16 bits per heavy atom. The Labute approximate surface area is 120 Å². The van der Waals surface area contributed by atoms with E-state index in [1.165, 1.54) is 0 Å². The van der Waals surface area contributed by atoms with E-state index in [1.807, 2.05) is 0 Å². The van der Waals surface area contributed by atoms with Crippen LogP contribution in [0.3, 0.4) is 0 Å². The van der Waals surface area contributed by atoms with Gasteiger partial charge in [0.05, 0.1) is 0 Å². The van der Waals surface area contributed by atoms with Crippen molar-refractivity contribution in [1.29, 1.82) is 0 Å². The molecule has 0 heterocycles. The van der Waals surface area contributed by atoms with Gasteiger partial charge in [0.2, 0.25) is 0 Å². The van der Waals surface area contributed by atoms with Gasteiger partial charge in [-0.25, -0.2) is 8.42 Å². The number of alkyl halides is 5. The van der Waals surface area contributed by atoms with Crippen molar-refractivity contribution in [2.24, 2.45) is 0 Å². The van der Waals surface area contributed by atoms with Crippen LogP contribution in [-0.4, -0.2) is 24.4 Å². The van der Waals surface area contributed by atoms with Gasteiger partial charge in [-0.2, -0.15) is 22.0 Å². The third-order valence-corrected chi connectivity index (χ3v) is 3.23. The van der Waals surface area contributed by atoms with Gasteiger partial charge in [-0.1, -0.05) is 19.3 Å². The minimum Gasteiger partial charge on any atom is -0.743 e. The average molecular weight is 304 g/mol. The SMILES string of the molecule is O=S(=O)([O-])C(F)(F)CCCCCCCC(F)(F)F.[Li+]. The maximum absolute atomic E-state index is 12.6. The molecule has 0 rings (SSSR count). The Balaban J connectivity index is 0. The summed E-state index contributed by atoms with van der Waals surface area (Å²) in [6, 6.07) is 0. The van der Waals surface area contributed by atoms with Crippen molar-refractivity contribution in [3.8, 4) is 0 Å². The van der Waals surface area contributed by atoms with Crippen LogP contribution < -0.4 is 18.9 Å². The maximum atomic E-state index is 12.6. The van der Waals surface area contributed by atoms with Crippen LogP contribution in [0.5, 0.6) is 0 Å².